The first-order valence-electron chi connectivity index (χ1n) is 7.15. The lowest BCUT2D eigenvalue weighted by Crippen LogP contribution is -2.41. The van der Waals surface area contributed by atoms with Gasteiger partial charge in [0.15, 0.2) is 0 Å². The molecular formula is C14H23BN2O4. The minimum atomic E-state index is -0.419. The normalized spacial score (nSPS) is 19.8. The van der Waals surface area contributed by atoms with Crippen LogP contribution >= 0.6 is 0 Å². The highest BCUT2D eigenvalue weighted by Crippen LogP contribution is 2.36. The molecule has 21 heavy (non-hydrogen) atoms. The fourth-order valence-electron chi connectivity index (χ4n) is 2.16. The summed E-state index contributed by atoms with van der Waals surface area (Å²) in [5.74, 6) is -0.286. The van der Waals surface area contributed by atoms with E-state index in [1.54, 1.807) is 10.9 Å². The van der Waals surface area contributed by atoms with Gasteiger partial charge in [0.2, 0.25) is 0 Å². The van der Waals surface area contributed by atoms with Crippen LogP contribution in [-0.4, -0.2) is 40.7 Å². The van der Waals surface area contributed by atoms with Crippen LogP contribution in [0.4, 0.5) is 0 Å². The number of carbonyl (C=O) groups excluding carboxylic acids is 1. The molecule has 0 bridgehead atoms. The monoisotopic (exact) mass is 294 g/mol. The van der Waals surface area contributed by atoms with Crippen LogP contribution in [0.15, 0.2) is 6.20 Å². The summed E-state index contributed by atoms with van der Waals surface area (Å²) in [5, 5.41) is 4.32. The van der Waals surface area contributed by atoms with E-state index in [9.17, 15) is 4.79 Å². The van der Waals surface area contributed by atoms with E-state index in [-0.39, 0.29) is 17.2 Å². The fourth-order valence-corrected chi connectivity index (χ4v) is 2.16. The van der Waals surface area contributed by atoms with Crippen molar-refractivity contribution in [3.63, 3.8) is 0 Å². The molecular weight excluding hydrogens is 271 g/mol. The first-order valence-corrected chi connectivity index (χ1v) is 7.15. The van der Waals surface area contributed by atoms with E-state index in [1.807, 2.05) is 34.6 Å². The van der Waals surface area contributed by atoms with E-state index >= 15 is 0 Å². The first-order chi connectivity index (χ1) is 9.64. The molecule has 1 aliphatic rings. The van der Waals surface area contributed by atoms with Crippen LogP contribution in [0.25, 0.3) is 0 Å². The van der Waals surface area contributed by atoms with Gasteiger partial charge < -0.3 is 14.0 Å². The van der Waals surface area contributed by atoms with Gasteiger partial charge in [-0.25, -0.2) is 0 Å². The Balaban J connectivity index is 2.09. The van der Waals surface area contributed by atoms with Crippen LogP contribution in [-0.2, 0) is 25.4 Å². The molecule has 1 aromatic rings. The number of carbonyl (C=O) groups is 1. The standard InChI is InChI=1S/C14H23BN2O4/c1-10-12(9-16-17(10)7-8-19-11(2)18)15-20-13(3,4)14(5,6)21-15/h9H,7-8H2,1-6H3. The first kappa shape index (κ1) is 16.0. The Hall–Kier alpha value is -1.34. The fraction of sp³-hybridized carbons (Fsp3) is 0.714. The minimum Gasteiger partial charge on any atom is -0.464 e. The number of rotatable bonds is 4. The number of esters is 1. The molecule has 7 heteroatoms. The maximum absolute atomic E-state index is 10.8. The number of nitrogens with zero attached hydrogens (tertiary/aromatic N) is 2. The lowest BCUT2D eigenvalue weighted by atomic mass is 9.79. The second-order valence-electron chi connectivity index (χ2n) is 6.34. The number of aromatic nitrogens is 2. The summed E-state index contributed by atoms with van der Waals surface area (Å²) in [7, 11) is -0.419. The second-order valence-corrected chi connectivity index (χ2v) is 6.34. The zero-order valence-corrected chi connectivity index (χ0v) is 13.6. The Bertz CT molecular complexity index is 523. The van der Waals surface area contributed by atoms with Crippen molar-refractivity contribution in [2.75, 3.05) is 6.61 Å². The van der Waals surface area contributed by atoms with Crippen LogP contribution in [0.5, 0.6) is 0 Å². The SMILES string of the molecule is CC(=O)OCCn1ncc(B2OC(C)(C)C(C)(C)O2)c1C. The molecule has 1 saturated heterocycles. The molecule has 1 aromatic heterocycles. The van der Waals surface area contributed by atoms with E-state index in [1.165, 1.54) is 6.92 Å². The Morgan fingerprint density at radius 3 is 2.43 bits per heavy atom. The third-order valence-electron chi connectivity index (χ3n) is 4.26. The molecule has 0 spiro atoms. The Labute approximate surface area is 125 Å². The van der Waals surface area contributed by atoms with E-state index < -0.39 is 7.12 Å². The van der Waals surface area contributed by atoms with Gasteiger partial charge in [0.25, 0.3) is 0 Å². The molecule has 1 fully saturated rings. The van der Waals surface area contributed by atoms with Crippen LogP contribution in [0.1, 0.15) is 40.3 Å². The van der Waals surface area contributed by atoms with Crippen molar-refractivity contribution < 1.29 is 18.8 Å². The highest BCUT2D eigenvalue weighted by Gasteiger charge is 2.52. The number of hydrogen-bond acceptors (Lipinski definition) is 5. The van der Waals surface area contributed by atoms with Crippen LogP contribution in [0.2, 0.25) is 0 Å². The molecule has 0 unspecified atom stereocenters. The molecule has 0 amide bonds. The maximum atomic E-state index is 10.8. The predicted molar refractivity (Wildman–Crippen MR) is 79.3 cm³/mol. The zero-order valence-electron chi connectivity index (χ0n) is 13.6. The quantitative estimate of drug-likeness (QED) is 0.613. The van der Waals surface area contributed by atoms with Crippen molar-refractivity contribution in [3.05, 3.63) is 11.9 Å². The summed E-state index contributed by atoms with van der Waals surface area (Å²) in [6, 6.07) is 0. The number of hydrogen-bond donors (Lipinski definition) is 0. The smallest absolute Gasteiger partial charge is 0.464 e. The van der Waals surface area contributed by atoms with Gasteiger partial charge in [0, 0.05) is 24.3 Å². The summed E-state index contributed by atoms with van der Waals surface area (Å²) in [4.78, 5) is 10.8. The lowest BCUT2D eigenvalue weighted by molar-refractivity contribution is -0.141. The lowest BCUT2D eigenvalue weighted by Gasteiger charge is -2.32. The number of ether oxygens (including phenoxy) is 1. The minimum absolute atomic E-state index is 0.286. The summed E-state index contributed by atoms with van der Waals surface area (Å²) in [6.45, 7) is 12.3. The molecule has 0 N–H and O–H groups in total. The van der Waals surface area contributed by atoms with Crippen molar-refractivity contribution in [1.82, 2.24) is 9.78 Å². The van der Waals surface area contributed by atoms with Gasteiger partial charge in [-0.1, -0.05) is 0 Å². The van der Waals surface area contributed by atoms with Crippen LogP contribution < -0.4 is 5.46 Å². The van der Waals surface area contributed by atoms with Gasteiger partial charge in [0.05, 0.1) is 17.7 Å². The average Bonchev–Trinajstić information content (AvgIpc) is 2.78. The van der Waals surface area contributed by atoms with E-state index in [0.29, 0.717) is 13.2 Å². The second kappa shape index (κ2) is 5.46. The molecule has 2 heterocycles. The predicted octanol–water partition coefficient (Wildman–Crippen LogP) is 1.05. The average molecular weight is 294 g/mol. The molecule has 2 rings (SSSR count). The molecule has 0 atom stereocenters. The molecule has 6 nitrogen and oxygen atoms in total. The van der Waals surface area contributed by atoms with E-state index in [0.717, 1.165) is 11.2 Å². The van der Waals surface area contributed by atoms with Crippen LogP contribution in [0, 0.1) is 6.92 Å². The Kier molecular flexibility index (Phi) is 4.17. The Morgan fingerprint density at radius 2 is 1.90 bits per heavy atom. The van der Waals surface area contributed by atoms with Gasteiger partial charge in [-0.3, -0.25) is 9.48 Å². The maximum Gasteiger partial charge on any atom is 0.498 e. The molecule has 1 aliphatic heterocycles. The van der Waals surface area contributed by atoms with Gasteiger partial charge >= 0.3 is 13.1 Å². The molecule has 116 valence electrons. The molecule has 0 radical (unpaired) electrons. The van der Waals surface area contributed by atoms with Crippen molar-refractivity contribution in [1.29, 1.82) is 0 Å². The van der Waals surface area contributed by atoms with Crippen molar-refractivity contribution >= 4 is 18.6 Å². The summed E-state index contributed by atoms with van der Waals surface area (Å²) in [6.07, 6.45) is 1.76. The van der Waals surface area contributed by atoms with Crippen molar-refractivity contribution in [3.8, 4) is 0 Å². The largest absolute Gasteiger partial charge is 0.498 e. The highest BCUT2D eigenvalue weighted by molar-refractivity contribution is 6.62. The van der Waals surface area contributed by atoms with Crippen LogP contribution in [0.3, 0.4) is 0 Å². The summed E-state index contributed by atoms with van der Waals surface area (Å²) < 4.78 is 18.8. The van der Waals surface area contributed by atoms with E-state index in [4.69, 9.17) is 14.0 Å². The van der Waals surface area contributed by atoms with E-state index in [2.05, 4.69) is 5.10 Å². The summed E-state index contributed by atoms with van der Waals surface area (Å²) in [5.41, 5.74) is 1.13. The van der Waals surface area contributed by atoms with Gasteiger partial charge in [-0.15, -0.1) is 0 Å². The van der Waals surface area contributed by atoms with Crippen molar-refractivity contribution in [2.45, 2.75) is 59.3 Å². The zero-order chi connectivity index (χ0) is 15.8. The van der Waals surface area contributed by atoms with Gasteiger partial charge in [-0.05, 0) is 34.6 Å². The Morgan fingerprint density at radius 1 is 1.33 bits per heavy atom. The third-order valence-corrected chi connectivity index (χ3v) is 4.26. The van der Waals surface area contributed by atoms with Crippen molar-refractivity contribution in [2.24, 2.45) is 0 Å². The molecule has 0 saturated carbocycles. The van der Waals surface area contributed by atoms with Gasteiger partial charge in [-0.2, -0.15) is 5.10 Å². The highest BCUT2D eigenvalue weighted by atomic mass is 16.7. The van der Waals surface area contributed by atoms with Gasteiger partial charge in [0.1, 0.15) is 6.61 Å². The topological polar surface area (TPSA) is 62.6 Å². The molecule has 0 aromatic carbocycles. The third kappa shape index (κ3) is 3.13. The molecule has 0 aliphatic carbocycles. The summed E-state index contributed by atoms with van der Waals surface area (Å²) >= 11 is 0.